The molecule has 1 unspecified atom stereocenters. The fourth-order valence-electron chi connectivity index (χ4n) is 4.20. The third-order valence-corrected chi connectivity index (χ3v) is 5.19. The summed E-state index contributed by atoms with van der Waals surface area (Å²) < 4.78 is 0. The van der Waals surface area contributed by atoms with Crippen LogP contribution in [-0.2, 0) is 0 Å². The average molecular weight is 221 g/mol. The van der Waals surface area contributed by atoms with E-state index in [4.69, 9.17) is 11.6 Å². The van der Waals surface area contributed by atoms with Gasteiger partial charge in [0.05, 0.1) is 6.10 Å². The molecule has 2 saturated carbocycles. The van der Waals surface area contributed by atoms with Crippen LogP contribution in [0.4, 0.5) is 0 Å². The predicted molar refractivity (Wildman–Crippen MR) is 59.2 cm³/mol. The molecular weight excluding hydrogens is 208 g/mol. The normalized spacial score (nSPS) is 49.7. The van der Waals surface area contributed by atoms with E-state index in [0.29, 0.717) is 23.7 Å². The largest absolute Gasteiger partial charge is 0.392 e. The van der Waals surface area contributed by atoms with E-state index < -0.39 is 0 Å². The van der Waals surface area contributed by atoms with E-state index in [-0.39, 0.29) is 11.5 Å². The molecule has 0 heterocycles. The molecule has 0 aromatic heterocycles. The van der Waals surface area contributed by atoms with Gasteiger partial charge >= 0.3 is 0 Å². The summed E-state index contributed by atoms with van der Waals surface area (Å²) in [4.78, 5) is 0. The van der Waals surface area contributed by atoms with Gasteiger partial charge < -0.3 is 5.11 Å². The first-order valence-corrected chi connectivity index (χ1v) is 6.13. The molecule has 6 atom stereocenters. The topological polar surface area (TPSA) is 20.2 Å². The average Bonchev–Trinajstić information content (AvgIpc) is 2.61. The van der Waals surface area contributed by atoms with Crippen molar-refractivity contribution >= 4 is 11.6 Å². The molecule has 0 radical (unpaired) electrons. The Bertz CT molecular complexity index is 430. The summed E-state index contributed by atoms with van der Waals surface area (Å²) in [7, 11) is 0. The van der Waals surface area contributed by atoms with E-state index in [0.717, 1.165) is 6.42 Å². The number of hydrogen-bond donors (Lipinski definition) is 1. The summed E-state index contributed by atoms with van der Waals surface area (Å²) in [6, 6.07) is 8.61. The molecule has 4 rings (SSSR count). The highest BCUT2D eigenvalue weighted by molar-refractivity contribution is 6.21. The maximum Gasteiger partial charge on any atom is 0.0623 e. The smallest absolute Gasteiger partial charge is 0.0623 e. The van der Waals surface area contributed by atoms with Gasteiger partial charge in [0.25, 0.3) is 0 Å². The molecule has 1 nitrogen and oxygen atoms in total. The minimum atomic E-state index is -0.158. The summed E-state index contributed by atoms with van der Waals surface area (Å²) in [5, 5.41) is 10.4. The van der Waals surface area contributed by atoms with Crippen molar-refractivity contribution in [3.05, 3.63) is 35.4 Å². The van der Waals surface area contributed by atoms with Crippen molar-refractivity contribution in [3.63, 3.8) is 0 Å². The number of aliphatic hydroxyl groups is 1. The van der Waals surface area contributed by atoms with Gasteiger partial charge in [-0.15, -0.1) is 11.6 Å². The van der Waals surface area contributed by atoms with Crippen LogP contribution in [-0.4, -0.2) is 16.6 Å². The Morgan fingerprint density at radius 1 is 1.13 bits per heavy atom. The molecule has 78 valence electrons. The first-order valence-electron chi connectivity index (χ1n) is 5.70. The van der Waals surface area contributed by atoms with Crippen LogP contribution in [0.3, 0.4) is 0 Å². The molecule has 0 aliphatic heterocycles. The number of alkyl halides is 1. The molecule has 0 saturated heterocycles. The molecule has 1 aromatic carbocycles. The Hall–Kier alpha value is -0.530. The van der Waals surface area contributed by atoms with E-state index in [2.05, 4.69) is 24.3 Å². The summed E-state index contributed by atoms with van der Waals surface area (Å²) in [6.45, 7) is 0. The van der Waals surface area contributed by atoms with Crippen molar-refractivity contribution in [3.8, 4) is 0 Å². The molecular formula is C13H13ClO. The van der Waals surface area contributed by atoms with Crippen molar-refractivity contribution in [2.45, 2.75) is 29.7 Å². The quantitative estimate of drug-likeness (QED) is 0.666. The van der Waals surface area contributed by atoms with Crippen LogP contribution in [0.2, 0.25) is 0 Å². The number of aliphatic hydroxyl groups excluding tert-OH is 1. The first kappa shape index (κ1) is 8.60. The number of benzene rings is 1. The highest BCUT2D eigenvalue weighted by Crippen LogP contribution is 2.68. The minimum Gasteiger partial charge on any atom is -0.392 e. The van der Waals surface area contributed by atoms with Gasteiger partial charge in [0.2, 0.25) is 0 Å². The second kappa shape index (κ2) is 2.58. The first-order chi connectivity index (χ1) is 7.29. The van der Waals surface area contributed by atoms with E-state index in [1.807, 2.05) is 0 Å². The summed E-state index contributed by atoms with van der Waals surface area (Å²) in [5.74, 6) is 1.91. The zero-order chi connectivity index (χ0) is 10.2. The third kappa shape index (κ3) is 0.821. The van der Waals surface area contributed by atoms with Crippen molar-refractivity contribution in [2.75, 3.05) is 0 Å². The van der Waals surface area contributed by atoms with Crippen molar-refractivity contribution in [1.29, 1.82) is 0 Å². The fourth-order valence-corrected chi connectivity index (χ4v) is 4.72. The monoisotopic (exact) mass is 220 g/mol. The maximum atomic E-state index is 10.2. The molecule has 0 amide bonds. The fraction of sp³-hybridized carbons (Fsp3) is 0.538. The number of hydrogen-bond acceptors (Lipinski definition) is 1. The maximum absolute atomic E-state index is 10.2. The van der Waals surface area contributed by atoms with Crippen LogP contribution >= 0.6 is 11.6 Å². The summed E-state index contributed by atoms with van der Waals surface area (Å²) in [5.41, 5.74) is 2.91. The van der Waals surface area contributed by atoms with Crippen LogP contribution < -0.4 is 0 Å². The SMILES string of the molecule is OC1[C@H]2[C@@H]3c4ccccc4[C@@H]3[C@@H]1C[C@H]2Cl. The van der Waals surface area contributed by atoms with Gasteiger partial charge in [-0.25, -0.2) is 0 Å². The lowest BCUT2D eigenvalue weighted by Crippen LogP contribution is -2.34. The Balaban J connectivity index is 1.86. The van der Waals surface area contributed by atoms with Gasteiger partial charge in [0, 0.05) is 11.3 Å². The van der Waals surface area contributed by atoms with Gasteiger partial charge in [-0.2, -0.15) is 0 Å². The Kier molecular flexibility index (Phi) is 1.48. The van der Waals surface area contributed by atoms with Crippen molar-refractivity contribution in [1.82, 2.24) is 0 Å². The summed E-state index contributed by atoms with van der Waals surface area (Å²) in [6.07, 6.45) is 0.845. The standard InChI is InChI=1S/C13H13ClO/c14-9-5-8-10-6-3-1-2-4-7(6)11(10)12(9)13(8)15/h1-4,8-13,15H,5H2/t8-,9+,10+,11+,12+,13?/m0/s1. The van der Waals surface area contributed by atoms with Gasteiger partial charge in [-0.3, -0.25) is 0 Å². The molecule has 3 aliphatic carbocycles. The van der Waals surface area contributed by atoms with Gasteiger partial charge in [-0.05, 0) is 35.3 Å². The van der Waals surface area contributed by atoms with Gasteiger partial charge in [0.1, 0.15) is 0 Å². The Morgan fingerprint density at radius 3 is 2.53 bits per heavy atom. The van der Waals surface area contributed by atoms with Gasteiger partial charge in [0.15, 0.2) is 0 Å². The minimum absolute atomic E-state index is 0.158. The lowest BCUT2D eigenvalue weighted by molar-refractivity contribution is 0.126. The van der Waals surface area contributed by atoms with Crippen LogP contribution in [0.5, 0.6) is 0 Å². The highest BCUT2D eigenvalue weighted by Gasteiger charge is 2.63. The van der Waals surface area contributed by atoms with Crippen molar-refractivity contribution in [2.24, 2.45) is 11.8 Å². The number of rotatable bonds is 0. The second-order valence-electron chi connectivity index (χ2n) is 5.16. The van der Waals surface area contributed by atoms with Crippen LogP contribution in [0.25, 0.3) is 0 Å². The van der Waals surface area contributed by atoms with E-state index in [1.54, 1.807) is 0 Å². The second-order valence-corrected chi connectivity index (χ2v) is 5.72. The number of fused-ring (bicyclic) bond motifs is 8. The Labute approximate surface area is 94.1 Å². The molecule has 0 spiro atoms. The third-order valence-electron chi connectivity index (χ3n) is 4.73. The molecule has 2 bridgehead atoms. The zero-order valence-corrected chi connectivity index (χ0v) is 9.06. The molecule has 2 heteroatoms. The zero-order valence-electron chi connectivity index (χ0n) is 8.31. The van der Waals surface area contributed by atoms with E-state index >= 15 is 0 Å². The van der Waals surface area contributed by atoms with E-state index in [9.17, 15) is 5.11 Å². The van der Waals surface area contributed by atoms with Crippen LogP contribution in [0.1, 0.15) is 29.4 Å². The predicted octanol–water partition coefficient (Wildman–Crippen LogP) is 2.49. The summed E-state index contributed by atoms with van der Waals surface area (Å²) >= 11 is 6.30. The lowest BCUT2D eigenvalue weighted by atomic mass is 9.61. The molecule has 1 N–H and O–H groups in total. The molecule has 1 aromatic rings. The number of halogens is 1. The van der Waals surface area contributed by atoms with Crippen molar-refractivity contribution < 1.29 is 5.11 Å². The Morgan fingerprint density at radius 2 is 1.80 bits per heavy atom. The van der Waals surface area contributed by atoms with Crippen LogP contribution in [0.15, 0.2) is 24.3 Å². The van der Waals surface area contributed by atoms with Gasteiger partial charge in [-0.1, -0.05) is 24.3 Å². The van der Waals surface area contributed by atoms with Crippen LogP contribution in [0, 0.1) is 11.8 Å². The molecule has 15 heavy (non-hydrogen) atoms. The highest BCUT2D eigenvalue weighted by atomic mass is 35.5. The molecule has 2 fully saturated rings. The van der Waals surface area contributed by atoms with E-state index in [1.165, 1.54) is 11.1 Å². The molecule has 3 aliphatic rings. The lowest BCUT2D eigenvalue weighted by Gasteiger charge is -2.43.